The molecule has 1 aromatic carbocycles. The molecule has 0 fully saturated rings. The van der Waals surface area contributed by atoms with Crippen LogP contribution in [0.2, 0.25) is 5.15 Å². The Hall–Kier alpha value is -2.16. The van der Waals surface area contributed by atoms with Crippen LogP contribution in [0.1, 0.15) is 22.9 Å². The average molecular weight is 422 g/mol. The number of hydrogen-bond donors (Lipinski definition) is 0. The van der Waals surface area contributed by atoms with Crippen LogP contribution in [-0.2, 0) is 10.0 Å². The summed E-state index contributed by atoms with van der Waals surface area (Å²) < 4.78 is 31.0. The summed E-state index contributed by atoms with van der Waals surface area (Å²) in [7, 11) is -1.97. The summed E-state index contributed by atoms with van der Waals surface area (Å²) in [6.07, 6.45) is 1.59. The predicted octanol–water partition coefficient (Wildman–Crippen LogP) is 4.07. The second-order valence-corrected chi connectivity index (χ2v) is 9.35. The van der Waals surface area contributed by atoms with Crippen molar-refractivity contribution in [2.75, 3.05) is 13.4 Å². The number of nitrogens with zero attached hydrogens (tertiary/aromatic N) is 3. The van der Waals surface area contributed by atoms with Gasteiger partial charge in [0.15, 0.2) is 0 Å². The largest absolute Gasteiger partial charge is 0.497 e. The Labute approximate surface area is 166 Å². The lowest BCUT2D eigenvalue weighted by Crippen LogP contribution is -2.26. The quantitative estimate of drug-likeness (QED) is 0.595. The Morgan fingerprint density at radius 3 is 2.78 bits per heavy atom. The van der Waals surface area contributed by atoms with Gasteiger partial charge in [-0.25, -0.2) is 13.4 Å². The van der Waals surface area contributed by atoms with Crippen LogP contribution in [0.4, 0.5) is 0 Å². The van der Waals surface area contributed by atoms with Crippen molar-refractivity contribution in [3.63, 3.8) is 0 Å². The van der Waals surface area contributed by atoms with E-state index in [1.54, 1.807) is 13.2 Å². The first kappa shape index (κ1) is 18.2. The van der Waals surface area contributed by atoms with Crippen molar-refractivity contribution in [1.29, 1.82) is 0 Å². The maximum atomic E-state index is 12.3. The highest BCUT2D eigenvalue weighted by atomic mass is 35.5. The van der Waals surface area contributed by atoms with Crippen molar-refractivity contribution < 1.29 is 13.2 Å². The van der Waals surface area contributed by atoms with E-state index in [1.165, 1.54) is 11.3 Å². The number of hydrazone groups is 1. The second kappa shape index (κ2) is 6.78. The smallest absolute Gasteiger partial charge is 0.247 e. The van der Waals surface area contributed by atoms with Gasteiger partial charge in [-0.3, -0.25) is 0 Å². The summed E-state index contributed by atoms with van der Waals surface area (Å²) in [6.45, 7) is 0. The van der Waals surface area contributed by atoms with Crippen LogP contribution in [0.3, 0.4) is 0 Å². The first-order valence-electron chi connectivity index (χ1n) is 8.12. The predicted molar refractivity (Wildman–Crippen MR) is 108 cm³/mol. The summed E-state index contributed by atoms with van der Waals surface area (Å²) in [5.74, 6) is 0.681. The minimum absolute atomic E-state index is 0.261. The summed E-state index contributed by atoms with van der Waals surface area (Å²) >= 11 is 7.97. The van der Waals surface area contributed by atoms with Crippen molar-refractivity contribution in [1.82, 2.24) is 9.40 Å². The summed E-state index contributed by atoms with van der Waals surface area (Å²) in [4.78, 5) is 5.39. The molecule has 27 heavy (non-hydrogen) atoms. The molecule has 1 aliphatic rings. The molecule has 0 spiro atoms. The number of aromatic nitrogens is 1. The molecule has 9 heteroatoms. The molecular formula is C18H16ClN3O3S2. The molecule has 0 saturated heterocycles. The molecule has 0 bridgehead atoms. The van der Waals surface area contributed by atoms with Gasteiger partial charge in [0.2, 0.25) is 10.0 Å². The Morgan fingerprint density at radius 2 is 2.11 bits per heavy atom. The summed E-state index contributed by atoms with van der Waals surface area (Å²) in [6, 6.07) is 10.7. The third-order valence-electron chi connectivity index (χ3n) is 4.38. The van der Waals surface area contributed by atoms with Gasteiger partial charge in [0.05, 0.1) is 35.5 Å². The van der Waals surface area contributed by atoms with Crippen LogP contribution in [0.25, 0.3) is 10.9 Å². The van der Waals surface area contributed by atoms with Crippen molar-refractivity contribution in [2.45, 2.75) is 12.5 Å². The molecule has 0 unspecified atom stereocenters. The zero-order chi connectivity index (χ0) is 19.2. The van der Waals surface area contributed by atoms with Crippen LogP contribution in [0.5, 0.6) is 5.75 Å². The molecule has 140 valence electrons. The molecule has 0 aliphatic carbocycles. The SMILES string of the molecule is COc1ccc2cc([C@H]3CC(c4cccs4)=NN3S(C)(=O)=O)c(Cl)nc2c1. The molecule has 4 rings (SSSR count). The first-order valence-corrected chi connectivity index (χ1v) is 11.2. The van der Waals surface area contributed by atoms with E-state index in [-0.39, 0.29) is 5.15 Å². The number of pyridine rings is 1. The fourth-order valence-electron chi connectivity index (χ4n) is 3.12. The average Bonchev–Trinajstić information content (AvgIpc) is 3.29. The van der Waals surface area contributed by atoms with Crippen molar-refractivity contribution in [3.8, 4) is 5.75 Å². The van der Waals surface area contributed by atoms with E-state index in [0.717, 1.165) is 26.6 Å². The minimum Gasteiger partial charge on any atom is -0.497 e. The Bertz CT molecular complexity index is 1140. The molecule has 0 saturated carbocycles. The van der Waals surface area contributed by atoms with Gasteiger partial charge in [-0.15, -0.1) is 11.3 Å². The van der Waals surface area contributed by atoms with E-state index in [9.17, 15) is 8.42 Å². The van der Waals surface area contributed by atoms with Crippen LogP contribution in [-0.4, -0.2) is 36.9 Å². The Kier molecular flexibility index (Phi) is 4.57. The van der Waals surface area contributed by atoms with Crippen molar-refractivity contribution in [2.24, 2.45) is 5.10 Å². The molecular weight excluding hydrogens is 406 g/mol. The van der Waals surface area contributed by atoms with Crippen LogP contribution in [0.15, 0.2) is 46.9 Å². The van der Waals surface area contributed by atoms with Gasteiger partial charge in [-0.05, 0) is 29.6 Å². The number of rotatable bonds is 4. The molecule has 1 aliphatic heterocycles. The lowest BCUT2D eigenvalue weighted by molar-refractivity contribution is 0.374. The highest BCUT2D eigenvalue weighted by Gasteiger charge is 2.36. The molecule has 0 N–H and O–H groups in total. The van der Waals surface area contributed by atoms with E-state index in [4.69, 9.17) is 16.3 Å². The first-order chi connectivity index (χ1) is 12.9. The van der Waals surface area contributed by atoms with Crippen molar-refractivity contribution in [3.05, 3.63) is 57.4 Å². The van der Waals surface area contributed by atoms with Gasteiger partial charge in [-0.1, -0.05) is 17.7 Å². The maximum Gasteiger partial charge on any atom is 0.247 e. The van der Waals surface area contributed by atoms with Gasteiger partial charge < -0.3 is 4.74 Å². The van der Waals surface area contributed by atoms with Gasteiger partial charge in [0.25, 0.3) is 0 Å². The van der Waals surface area contributed by atoms with Gasteiger partial charge in [0.1, 0.15) is 10.9 Å². The zero-order valence-corrected chi connectivity index (χ0v) is 17.0. The third kappa shape index (κ3) is 3.40. The summed E-state index contributed by atoms with van der Waals surface area (Å²) in [5.41, 5.74) is 2.05. The second-order valence-electron chi connectivity index (χ2n) is 6.21. The number of methoxy groups -OCH3 is 1. The molecule has 3 heterocycles. The normalized spacial score (nSPS) is 17.4. The zero-order valence-electron chi connectivity index (χ0n) is 14.6. The molecule has 2 aromatic heterocycles. The number of halogens is 1. The standard InChI is InChI=1S/C18H16ClN3O3S2/c1-25-12-6-5-11-8-13(18(19)20-14(11)9-12)16-10-15(17-4-3-7-26-17)21-22(16)27(2,23)24/h3-9,16H,10H2,1-2H3/t16-/m1/s1. The van der Waals surface area contributed by atoms with Crippen LogP contribution in [0, 0.1) is 0 Å². The highest BCUT2D eigenvalue weighted by Crippen LogP contribution is 2.39. The van der Waals surface area contributed by atoms with Crippen LogP contribution < -0.4 is 4.74 Å². The number of hydrogen-bond acceptors (Lipinski definition) is 6. The van der Waals surface area contributed by atoms with E-state index in [2.05, 4.69) is 10.1 Å². The molecule has 0 radical (unpaired) electrons. The molecule has 6 nitrogen and oxygen atoms in total. The van der Waals surface area contributed by atoms with Crippen molar-refractivity contribution >= 4 is 49.6 Å². The fourth-order valence-corrected chi connectivity index (χ4v) is 5.01. The maximum absolute atomic E-state index is 12.3. The van der Waals surface area contributed by atoms with E-state index in [0.29, 0.717) is 23.3 Å². The third-order valence-corrected chi connectivity index (χ3v) is 6.62. The fraction of sp³-hybridized carbons (Fsp3) is 0.222. The molecule has 3 aromatic rings. The number of thiophene rings is 1. The Balaban J connectivity index is 1.80. The molecule has 1 atom stereocenters. The topological polar surface area (TPSA) is 71.9 Å². The lowest BCUT2D eigenvalue weighted by Gasteiger charge is -2.22. The number of benzene rings is 1. The van der Waals surface area contributed by atoms with Gasteiger partial charge in [0, 0.05) is 23.4 Å². The monoisotopic (exact) mass is 421 g/mol. The Morgan fingerprint density at radius 1 is 1.30 bits per heavy atom. The van der Waals surface area contributed by atoms with Gasteiger partial charge >= 0.3 is 0 Å². The van der Waals surface area contributed by atoms with Crippen LogP contribution >= 0.6 is 22.9 Å². The van der Waals surface area contributed by atoms with E-state index < -0.39 is 16.1 Å². The van der Waals surface area contributed by atoms with E-state index >= 15 is 0 Å². The summed E-state index contributed by atoms with van der Waals surface area (Å²) in [5, 5.41) is 7.43. The van der Waals surface area contributed by atoms with E-state index in [1.807, 2.05) is 35.7 Å². The lowest BCUT2D eigenvalue weighted by atomic mass is 10.0. The van der Waals surface area contributed by atoms with Gasteiger partial charge in [-0.2, -0.15) is 9.52 Å². The number of ether oxygens (including phenoxy) is 1. The number of fused-ring (bicyclic) bond motifs is 1. The molecule has 0 amide bonds. The highest BCUT2D eigenvalue weighted by molar-refractivity contribution is 7.88. The minimum atomic E-state index is -3.56. The number of sulfonamides is 1.